The van der Waals surface area contributed by atoms with Gasteiger partial charge >= 0.3 is 5.97 Å². The van der Waals surface area contributed by atoms with Crippen LogP contribution in [-0.4, -0.2) is 35.0 Å². The van der Waals surface area contributed by atoms with Crippen LogP contribution in [0, 0.1) is 0 Å². The van der Waals surface area contributed by atoms with E-state index in [1.54, 1.807) is 0 Å². The van der Waals surface area contributed by atoms with Crippen molar-refractivity contribution in [2.75, 3.05) is 6.61 Å². The van der Waals surface area contributed by atoms with Crippen LogP contribution >= 0.6 is 0 Å². The van der Waals surface area contributed by atoms with Gasteiger partial charge in [0, 0.05) is 0 Å². The van der Waals surface area contributed by atoms with Crippen molar-refractivity contribution in [1.29, 1.82) is 0 Å². The summed E-state index contributed by atoms with van der Waals surface area (Å²) < 4.78 is 4.48. The molecule has 0 aromatic rings. The summed E-state index contributed by atoms with van der Waals surface area (Å²) in [6.45, 7) is -0.299. The lowest BCUT2D eigenvalue weighted by Crippen LogP contribution is -2.24. The molecule has 1 unspecified atom stereocenters. The van der Waals surface area contributed by atoms with Gasteiger partial charge in [-0.25, -0.2) is 0 Å². The summed E-state index contributed by atoms with van der Waals surface area (Å²) in [5, 5.41) is 17.3. The summed E-state index contributed by atoms with van der Waals surface area (Å²) >= 11 is 0. The minimum atomic E-state index is -0.817. The van der Waals surface area contributed by atoms with Crippen molar-refractivity contribution < 1.29 is 19.7 Å². The molecule has 4 heteroatoms. The quantitative estimate of drug-likeness (QED) is 0.433. The highest BCUT2D eigenvalue weighted by Crippen LogP contribution is 2.13. The monoisotopic (exact) mass is 132 g/mol. The molecule has 2 atom stereocenters. The van der Waals surface area contributed by atoms with Gasteiger partial charge in [-0.15, -0.1) is 0 Å². The molecule has 0 aromatic heterocycles. The van der Waals surface area contributed by atoms with E-state index in [4.69, 9.17) is 10.2 Å². The molecule has 0 radical (unpaired) electrons. The van der Waals surface area contributed by atoms with Crippen LogP contribution in [0.2, 0.25) is 0 Å². The number of esters is 1. The molecule has 1 aliphatic heterocycles. The van der Waals surface area contributed by atoms with E-state index in [2.05, 4.69) is 4.74 Å². The number of aliphatic hydroxyl groups excluding tert-OH is 2. The van der Waals surface area contributed by atoms with Gasteiger partial charge in [0.1, 0.15) is 6.10 Å². The van der Waals surface area contributed by atoms with Crippen LogP contribution < -0.4 is 0 Å². The fraction of sp³-hybridized carbons (Fsp3) is 0.800. The maximum Gasteiger partial charge on any atom is 0.309 e. The first-order valence-corrected chi connectivity index (χ1v) is 2.72. The molecule has 1 aliphatic rings. The van der Waals surface area contributed by atoms with E-state index in [9.17, 15) is 4.79 Å². The van der Waals surface area contributed by atoms with E-state index >= 15 is 0 Å². The fourth-order valence-corrected chi connectivity index (χ4v) is 0.757. The van der Waals surface area contributed by atoms with Crippen LogP contribution in [0.4, 0.5) is 0 Å². The number of carbonyl (C=O) groups is 1. The molecule has 1 heterocycles. The van der Waals surface area contributed by atoms with Crippen LogP contribution in [0.1, 0.15) is 6.42 Å². The fourth-order valence-electron chi connectivity index (χ4n) is 0.757. The number of cyclic esters (lactones) is 1. The molecule has 0 amide bonds. The zero-order chi connectivity index (χ0) is 6.85. The summed E-state index contributed by atoms with van der Waals surface area (Å²) in [4.78, 5) is 10.3. The second-order valence-corrected chi connectivity index (χ2v) is 1.98. The lowest BCUT2D eigenvalue weighted by molar-refractivity contribution is -0.143. The molecule has 0 spiro atoms. The van der Waals surface area contributed by atoms with Crippen molar-refractivity contribution in [3.8, 4) is 0 Å². The first-order valence-electron chi connectivity index (χ1n) is 2.72. The lowest BCUT2D eigenvalue weighted by atomic mass is 10.2. The molecular weight excluding hydrogens is 124 g/mol. The maximum atomic E-state index is 10.3. The van der Waals surface area contributed by atoms with Crippen LogP contribution in [-0.2, 0) is 9.53 Å². The van der Waals surface area contributed by atoms with E-state index in [1.807, 2.05) is 0 Å². The summed E-state index contributed by atoms with van der Waals surface area (Å²) in [7, 11) is 0. The Hall–Kier alpha value is -0.610. The lowest BCUT2D eigenvalue weighted by Gasteiger charge is -2.07. The van der Waals surface area contributed by atoms with Crippen LogP contribution in [0.3, 0.4) is 0 Å². The average Bonchev–Trinajstić information content (AvgIpc) is 2.10. The van der Waals surface area contributed by atoms with Crippen LogP contribution in [0.25, 0.3) is 0 Å². The molecular formula is C5H8O4. The molecule has 1 fully saturated rings. The Morgan fingerprint density at radius 3 is 2.67 bits per heavy atom. The van der Waals surface area contributed by atoms with Crippen molar-refractivity contribution in [3.05, 3.63) is 0 Å². The van der Waals surface area contributed by atoms with Gasteiger partial charge < -0.3 is 14.9 Å². The maximum absolute atomic E-state index is 10.3. The van der Waals surface area contributed by atoms with Gasteiger partial charge in [0.25, 0.3) is 0 Å². The van der Waals surface area contributed by atoms with E-state index in [1.165, 1.54) is 0 Å². The third-order valence-corrected chi connectivity index (χ3v) is 1.27. The molecule has 9 heavy (non-hydrogen) atoms. The molecule has 52 valence electrons. The van der Waals surface area contributed by atoms with Gasteiger partial charge in [0.2, 0.25) is 0 Å². The predicted molar refractivity (Wildman–Crippen MR) is 27.6 cm³/mol. The van der Waals surface area contributed by atoms with E-state index < -0.39 is 18.2 Å². The Morgan fingerprint density at radius 1 is 1.78 bits per heavy atom. The topological polar surface area (TPSA) is 66.8 Å². The second-order valence-electron chi connectivity index (χ2n) is 1.98. The highest BCUT2D eigenvalue weighted by atomic mass is 16.6. The predicted octanol–water partition coefficient (Wildman–Crippen LogP) is -1.34. The van der Waals surface area contributed by atoms with E-state index in [-0.39, 0.29) is 13.0 Å². The first kappa shape index (κ1) is 6.51. The normalized spacial score (nSPS) is 34.7. The van der Waals surface area contributed by atoms with Gasteiger partial charge in [0.05, 0.1) is 13.0 Å². The minimum Gasteiger partial charge on any atom is -0.457 e. The smallest absolute Gasteiger partial charge is 0.309 e. The first-order chi connectivity index (χ1) is 4.24. The molecule has 0 aliphatic carbocycles. The van der Waals surface area contributed by atoms with Crippen molar-refractivity contribution in [2.45, 2.75) is 18.6 Å². The largest absolute Gasteiger partial charge is 0.457 e. The number of hydrogen-bond donors (Lipinski definition) is 2. The standard InChI is InChI=1S/C5H8O4/c6-2-4-3(7)1-5(8)9-4/h3-4,6-7H,1-2H2/t3?,4-/m1/s1. The number of ether oxygens (including phenoxy) is 1. The molecule has 0 aromatic carbocycles. The molecule has 1 rings (SSSR count). The van der Waals surface area contributed by atoms with Gasteiger partial charge in [-0.3, -0.25) is 4.79 Å². The van der Waals surface area contributed by atoms with Crippen molar-refractivity contribution in [3.63, 3.8) is 0 Å². The van der Waals surface area contributed by atoms with Crippen molar-refractivity contribution in [2.24, 2.45) is 0 Å². The van der Waals surface area contributed by atoms with Crippen LogP contribution in [0.15, 0.2) is 0 Å². The summed E-state index contributed by atoms with van der Waals surface area (Å²) in [5.41, 5.74) is 0. The summed E-state index contributed by atoms with van der Waals surface area (Å²) in [6.07, 6.45) is -1.51. The summed E-state index contributed by atoms with van der Waals surface area (Å²) in [6, 6.07) is 0. The van der Waals surface area contributed by atoms with Crippen molar-refractivity contribution >= 4 is 5.97 Å². The van der Waals surface area contributed by atoms with E-state index in [0.717, 1.165) is 0 Å². The van der Waals surface area contributed by atoms with E-state index in [0.29, 0.717) is 0 Å². The third kappa shape index (κ3) is 1.20. The number of carbonyl (C=O) groups excluding carboxylic acids is 1. The number of rotatable bonds is 1. The van der Waals surface area contributed by atoms with Gasteiger partial charge in [-0.2, -0.15) is 0 Å². The Bertz CT molecular complexity index is 122. The molecule has 1 saturated heterocycles. The molecule has 4 nitrogen and oxygen atoms in total. The Balaban J connectivity index is 2.47. The highest BCUT2D eigenvalue weighted by molar-refractivity contribution is 5.72. The third-order valence-electron chi connectivity index (χ3n) is 1.27. The minimum absolute atomic E-state index is 0.00519. The van der Waals surface area contributed by atoms with Crippen LogP contribution in [0.5, 0.6) is 0 Å². The highest BCUT2D eigenvalue weighted by Gasteiger charge is 2.32. The molecule has 0 bridgehead atoms. The second kappa shape index (κ2) is 2.33. The van der Waals surface area contributed by atoms with Gasteiger partial charge in [-0.05, 0) is 0 Å². The average molecular weight is 132 g/mol. The molecule has 0 saturated carbocycles. The molecule has 2 N–H and O–H groups in total. The summed E-state index contributed by atoms with van der Waals surface area (Å²) in [5.74, 6) is -0.443. The SMILES string of the molecule is O=C1CC(O)[C@@H](CO)O1. The Labute approximate surface area is 52.1 Å². The van der Waals surface area contributed by atoms with Crippen molar-refractivity contribution in [1.82, 2.24) is 0 Å². The van der Waals surface area contributed by atoms with Gasteiger partial charge in [-0.1, -0.05) is 0 Å². The zero-order valence-electron chi connectivity index (χ0n) is 4.78. The number of hydrogen-bond acceptors (Lipinski definition) is 4. The van der Waals surface area contributed by atoms with Gasteiger partial charge in [0.15, 0.2) is 6.10 Å². The zero-order valence-corrected chi connectivity index (χ0v) is 4.78. The Kier molecular flexibility index (Phi) is 1.68. The Morgan fingerprint density at radius 2 is 2.44 bits per heavy atom. The number of aliphatic hydroxyl groups is 2.